The third-order valence-electron chi connectivity index (χ3n) is 6.64. The molecule has 2 heterocycles. The predicted octanol–water partition coefficient (Wildman–Crippen LogP) is 4.38. The van der Waals surface area contributed by atoms with Gasteiger partial charge >= 0.3 is 0 Å². The summed E-state index contributed by atoms with van der Waals surface area (Å²) in [6.45, 7) is 5.69. The Morgan fingerprint density at radius 2 is 1.64 bits per heavy atom. The highest BCUT2D eigenvalue weighted by Gasteiger charge is 2.31. The van der Waals surface area contributed by atoms with Crippen LogP contribution in [0.4, 0.5) is 5.69 Å². The van der Waals surface area contributed by atoms with Crippen molar-refractivity contribution < 1.29 is 19.0 Å². The summed E-state index contributed by atoms with van der Waals surface area (Å²) >= 11 is 1.74. The van der Waals surface area contributed by atoms with Gasteiger partial charge in [-0.05, 0) is 48.2 Å². The van der Waals surface area contributed by atoms with Crippen molar-refractivity contribution in [2.75, 3.05) is 52.4 Å². The van der Waals surface area contributed by atoms with Crippen LogP contribution in [0.15, 0.2) is 60.0 Å². The van der Waals surface area contributed by atoms with Gasteiger partial charge in [-0.1, -0.05) is 24.3 Å². The molecule has 1 amide bonds. The van der Waals surface area contributed by atoms with Crippen molar-refractivity contribution in [1.29, 1.82) is 0 Å². The number of piperazine rings is 1. The molecular weight excluding hydrogens is 474 g/mol. The lowest BCUT2D eigenvalue weighted by Gasteiger charge is -2.42. The van der Waals surface area contributed by atoms with Gasteiger partial charge in [0.1, 0.15) is 5.75 Å². The maximum atomic E-state index is 13.0. The van der Waals surface area contributed by atoms with Gasteiger partial charge in [0, 0.05) is 37.1 Å². The largest absolute Gasteiger partial charge is 0.495 e. The van der Waals surface area contributed by atoms with Crippen molar-refractivity contribution >= 4 is 22.9 Å². The normalized spacial score (nSPS) is 15.7. The third kappa shape index (κ3) is 5.94. The first-order valence-electron chi connectivity index (χ1n) is 12.2. The molecule has 1 aliphatic rings. The zero-order chi connectivity index (χ0) is 25.5. The van der Waals surface area contributed by atoms with Gasteiger partial charge in [-0.2, -0.15) is 0 Å². The number of amides is 1. The summed E-state index contributed by atoms with van der Waals surface area (Å²) in [6.07, 6.45) is 0.281. The van der Waals surface area contributed by atoms with Crippen LogP contribution in [0.25, 0.3) is 0 Å². The Kier molecular flexibility index (Phi) is 8.72. The fourth-order valence-corrected chi connectivity index (χ4v) is 5.86. The van der Waals surface area contributed by atoms with Crippen molar-refractivity contribution in [3.63, 3.8) is 0 Å². The van der Waals surface area contributed by atoms with E-state index in [1.807, 2.05) is 30.3 Å². The molecule has 4 rings (SSSR count). The summed E-state index contributed by atoms with van der Waals surface area (Å²) in [5, 5.41) is 5.36. The Morgan fingerprint density at radius 1 is 0.917 bits per heavy atom. The van der Waals surface area contributed by atoms with Gasteiger partial charge in [-0.15, -0.1) is 11.3 Å². The second-order valence-electron chi connectivity index (χ2n) is 8.88. The molecule has 0 saturated carbocycles. The molecule has 0 unspecified atom stereocenters. The van der Waals surface area contributed by atoms with E-state index in [-0.39, 0.29) is 24.4 Å². The molecule has 2 aromatic carbocycles. The summed E-state index contributed by atoms with van der Waals surface area (Å²) in [5.74, 6) is 2.17. The number of para-hydroxylation sites is 2. The van der Waals surface area contributed by atoms with E-state index in [9.17, 15) is 4.79 Å². The molecule has 0 spiro atoms. The number of methoxy groups -OCH3 is 3. The Morgan fingerprint density at radius 3 is 2.31 bits per heavy atom. The lowest BCUT2D eigenvalue weighted by Crippen LogP contribution is -2.52. The maximum absolute atomic E-state index is 13.0. The molecule has 3 aromatic rings. The first-order valence-corrected chi connectivity index (χ1v) is 13.1. The van der Waals surface area contributed by atoms with Crippen LogP contribution < -0.4 is 24.4 Å². The predicted molar refractivity (Wildman–Crippen MR) is 145 cm³/mol. The van der Waals surface area contributed by atoms with E-state index in [0.717, 1.165) is 43.2 Å². The van der Waals surface area contributed by atoms with Crippen molar-refractivity contribution in [2.45, 2.75) is 25.4 Å². The molecule has 1 aromatic heterocycles. The zero-order valence-corrected chi connectivity index (χ0v) is 22.2. The number of carbonyl (C=O) groups is 1. The summed E-state index contributed by atoms with van der Waals surface area (Å²) in [5.41, 5.74) is 2.01. The van der Waals surface area contributed by atoms with Crippen LogP contribution in [0.5, 0.6) is 17.2 Å². The first kappa shape index (κ1) is 25.9. The van der Waals surface area contributed by atoms with E-state index in [1.165, 1.54) is 4.88 Å². The molecule has 36 heavy (non-hydrogen) atoms. The minimum atomic E-state index is -0.0471. The highest BCUT2D eigenvalue weighted by Crippen LogP contribution is 2.33. The van der Waals surface area contributed by atoms with Gasteiger partial charge in [-0.3, -0.25) is 9.69 Å². The van der Waals surface area contributed by atoms with Gasteiger partial charge in [0.2, 0.25) is 5.91 Å². The van der Waals surface area contributed by atoms with E-state index in [1.54, 1.807) is 32.7 Å². The second-order valence-corrected chi connectivity index (χ2v) is 9.86. The lowest BCUT2D eigenvalue weighted by atomic mass is 10.0. The number of nitrogens with zero attached hydrogens (tertiary/aromatic N) is 2. The molecule has 8 heteroatoms. The maximum Gasteiger partial charge on any atom is 0.224 e. The Labute approximate surface area is 217 Å². The zero-order valence-electron chi connectivity index (χ0n) is 21.4. The van der Waals surface area contributed by atoms with Gasteiger partial charge in [0.25, 0.3) is 0 Å². The molecular formula is C28H35N3O4S. The second kappa shape index (κ2) is 12.1. The van der Waals surface area contributed by atoms with Crippen molar-refractivity contribution in [1.82, 2.24) is 10.2 Å². The molecule has 2 atom stereocenters. The first-order chi connectivity index (χ1) is 17.5. The third-order valence-corrected chi connectivity index (χ3v) is 7.59. The van der Waals surface area contributed by atoms with Crippen LogP contribution in [0, 0.1) is 0 Å². The van der Waals surface area contributed by atoms with Crippen LogP contribution in [0.3, 0.4) is 0 Å². The quantitative estimate of drug-likeness (QED) is 0.438. The number of ether oxygens (including phenoxy) is 3. The number of anilines is 1. The van der Waals surface area contributed by atoms with E-state index in [0.29, 0.717) is 11.5 Å². The molecule has 1 N–H and O–H groups in total. The van der Waals surface area contributed by atoms with Crippen molar-refractivity contribution in [3.8, 4) is 17.2 Å². The van der Waals surface area contributed by atoms with Gasteiger partial charge in [0.15, 0.2) is 11.5 Å². The van der Waals surface area contributed by atoms with Crippen LogP contribution in [0.2, 0.25) is 0 Å². The number of thiophene rings is 1. The van der Waals surface area contributed by atoms with Gasteiger partial charge in [0.05, 0.1) is 39.5 Å². The highest BCUT2D eigenvalue weighted by molar-refractivity contribution is 7.10. The fourth-order valence-electron chi connectivity index (χ4n) is 4.89. The van der Waals surface area contributed by atoms with Gasteiger partial charge in [-0.25, -0.2) is 0 Å². The van der Waals surface area contributed by atoms with E-state index in [4.69, 9.17) is 14.2 Å². The monoisotopic (exact) mass is 509 g/mol. The average molecular weight is 510 g/mol. The summed E-state index contributed by atoms with van der Waals surface area (Å²) < 4.78 is 16.3. The molecule has 1 saturated heterocycles. The average Bonchev–Trinajstić information content (AvgIpc) is 3.43. The number of carbonyl (C=O) groups excluding carboxylic acids is 1. The van der Waals surface area contributed by atoms with E-state index >= 15 is 0 Å². The number of nitrogens with one attached hydrogen (secondary N) is 1. The minimum absolute atomic E-state index is 0.0102. The Balaban J connectivity index is 1.42. The van der Waals surface area contributed by atoms with E-state index in [2.05, 4.69) is 51.7 Å². The van der Waals surface area contributed by atoms with Crippen LogP contribution in [0.1, 0.15) is 23.4 Å². The van der Waals surface area contributed by atoms with Crippen LogP contribution in [-0.4, -0.2) is 64.4 Å². The van der Waals surface area contributed by atoms with Crippen LogP contribution >= 0.6 is 11.3 Å². The van der Waals surface area contributed by atoms with Crippen molar-refractivity contribution in [2.24, 2.45) is 0 Å². The SMILES string of the molecule is COc1ccc(CC(=O)N[C@@H](C)[C@H](c2cccs2)N2CCN(c3ccccc3OC)CC2)cc1OC. The fraction of sp³-hybridized carbons (Fsp3) is 0.393. The molecule has 0 radical (unpaired) electrons. The molecule has 192 valence electrons. The molecule has 7 nitrogen and oxygen atoms in total. The number of benzene rings is 2. The van der Waals surface area contributed by atoms with Crippen molar-refractivity contribution in [3.05, 3.63) is 70.4 Å². The Hall–Kier alpha value is -3.23. The number of rotatable bonds is 10. The Bertz CT molecular complexity index is 1130. The lowest BCUT2D eigenvalue weighted by molar-refractivity contribution is -0.121. The smallest absolute Gasteiger partial charge is 0.224 e. The molecule has 0 bridgehead atoms. The number of hydrogen-bond donors (Lipinski definition) is 1. The summed E-state index contributed by atoms with van der Waals surface area (Å²) in [6, 6.07) is 18.1. The number of hydrogen-bond acceptors (Lipinski definition) is 7. The summed E-state index contributed by atoms with van der Waals surface area (Å²) in [7, 11) is 4.92. The highest BCUT2D eigenvalue weighted by atomic mass is 32.1. The summed E-state index contributed by atoms with van der Waals surface area (Å²) in [4.78, 5) is 19.1. The standard InChI is InChI=1S/C28H35N3O4S/c1-20(29-27(32)19-21-11-12-24(34-3)25(18-21)35-4)28(26-10-7-17-36-26)31-15-13-30(14-16-31)22-8-5-6-9-23(22)33-2/h5-12,17-18,20,28H,13-16,19H2,1-4H3,(H,29,32)/t20-,28+/m0/s1. The molecule has 1 fully saturated rings. The van der Waals surface area contributed by atoms with Crippen LogP contribution in [-0.2, 0) is 11.2 Å². The molecule has 0 aliphatic carbocycles. The van der Waals surface area contributed by atoms with E-state index < -0.39 is 0 Å². The topological polar surface area (TPSA) is 63.3 Å². The minimum Gasteiger partial charge on any atom is -0.495 e. The molecule has 1 aliphatic heterocycles. The van der Waals surface area contributed by atoms with Gasteiger partial charge < -0.3 is 24.4 Å².